The van der Waals surface area contributed by atoms with Crippen LogP contribution in [0.2, 0.25) is 0 Å². The largest absolute Gasteiger partial charge is 0.395 e. The zero-order chi connectivity index (χ0) is 64.2. The molecule has 17 nitrogen and oxygen atoms in total. The maximum Gasteiger partial charge on any atom is 0.222 e. The van der Waals surface area contributed by atoms with E-state index < -0.39 is 5.60 Å². The van der Waals surface area contributed by atoms with Gasteiger partial charge in [-0.1, -0.05) is 13.8 Å². The van der Waals surface area contributed by atoms with Crippen LogP contribution in [0.1, 0.15) is 183 Å². The Morgan fingerprint density at radius 3 is 1.26 bits per heavy atom. The molecule has 7 rings (SSSR count). The summed E-state index contributed by atoms with van der Waals surface area (Å²) in [6.07, 6.45) is 8.59. The van der Waals surface area contributed by atoms with Gasteiger partial charge in [-0.25, -0.2) is 0 Å². The lowest BCUT2D eigenvalue weighted by Crippen LogP contribution is -2.53. The summed E-state index contributed by atoms with van der Waals surface area (Å²) >= 11 is 0. The molecule has 0 atom stereocenters. The third-order valence-corrected chi connectivity index (χ3v) is 18.6. The number of hydrogen-bond acceptors (Lipinski definition) is 16. The molecule has 0 bridgehead atoms. The van der Waals surface area contributed by atoms with Crippen molar-refractivity contribution in [2.75, 3.05) is 185 Å². The first-order valence-corrected chi connectivity index (χ1v) is 33.7. The molecule has 0 unspecified atom stereocenters. The van der Waals surface area contributed by atoms with E-state index >= 15 is 0 Å². The fourth-order valence-corrected chi connectivity index (χ4v) is 11.3. The van der Waals surface area contributed by atoms with Gasteiger partial charge in [0.05, 0.1) is 24.9 Å². The van der Waals surface area contributed by atoms with Crippen molar-refractivity contribution in [2.45, 2.75) is 241 Å². The van der Waals surface area contributed by atoms with Crippen LogP contribution < -0.4 is 5.32 Å². The number of aliphatic hydroxyl groups excluding tert-OH is 3. The number of piperidine rings is 4. The molecule has 1 amide bonds. The summed E-state index contributed by atoms with van der Waals surface area (Å²) in [6, 6.07) is 2.55. The molecule has 7 aliphatic rings. The average molecular weight is 1200 g/mol. The first-order valence-electron chi connectivity index (χ1n) is 33.7. The van der Waals surface area contributed by atoms with Gasteiger partial charge in [0.25, 0.3) is 0 Å². The predicted molar refractivity (Wildman–Crippen MR) is 359 cm³/mol. The monoisotopic (exact) mass is 1200 g/mol. The van der Waals surface area contributed by atoms with E-state index in [1.165, 1.54) is 78.3 Å². The third kappa shape index (κ3) is 35.3. The van der Waals surface area contributed by atoms with Crippen LogP contribution in [-0.4, -0.2) is 324 Å². The highest BCUT2D eigenvalue weighted by atomic mass is 16.3. The summed E-state index contributed by atoms with van der Waals surface area (Å²) in [7, 11) is 8.56. The van der Waals surface area contributed by atoms with Gasteiger partial charge in [-0.2, -0.15) is 0 Å². The highest BCUT2D eigenvalue weighted by Crippen LogP contribution is 2.27. The zero-order valence-corrected chi connectivity index (χ0v) is 59.7. The lowest BCUT2D eigenvalue weighted by Gasteiger charge is -2.43. The van der Waals surface area contributed by atoms with Crippen LogP contribution in [0.25, 0.3) is 0 Å². The lowest BCUT2D eigenvalue weighted by atomic mass is 9.91. The molecule has 7 fully saturated rings. The number of nitrogens with one attached hydrogen (secondary N) is 1. The number of likely N-dealkylation sites (tertiary alicyclic amines) is 4. The second kappa shape index (κ2) is 39.9. The zero-order valence-electron chi connectivity index (χ0n) is 59.7. The van der Waals surface area contributed by atoms with Crippen molar-refractivity contribution in [2.24, 2.45) is 5.92 Å². The van der Waals surface area contributed by atoms with Crippen molar-refractivity contribution in [3.63, 3.8) is 0 Å². The minimum absolute atomic E-state index is 0.0476. The molecule has 0 aromatic heterocycles. The highest BCUT2D eigenvalue weighted by Gasteiger charge is 2.33. The Kier molecular flexibility index (Phi) is 38.4. The summed E-state index contributed by atoms with van der Waals surface area (Å²) in [5.41, 5.74) is 0.783. The molecule has 5 N–H and O–H groups in total. The number of β-amino-alcohol motifs (C(OH)–C–C–N with tert-alkyl or cyclic N) is 1. The van der Waals surface area contributed by atoms with Gasteiger partial charge in [-0.3, -0.25) is 34.2 Å². The molecule has 0 aromatic carbocycles. The minimum atomic E-state index is -0.415. The minimum Gasteiger partial charge on any atom is -0.395 e. The Hall–Kier alpha value is -1.13. The van der Waals surface area contributed by atoms with Crippen molar-refractivity contribution in [3.05, 3.63) is 0 Å². The van der Waals surface area contributed by atoms with Gasteiger partial charge in [-0.15, -0.1) is 0 Å². The van der Waals surface area contributed by atoms with Gasteiger partial charge in [0, 0.05) is 170 Å². The maximum absolute atomic E-state index is 11.4. The molecule has 0 radical (unpaired) electrons. The number of piperazine rings is 3. The summed E-state index contributed by atoms with van der Waals surface area (Å²) in [5, 5.41) is 39.3. The molecule has 84 heavy (non-hydrogen) atoms. The quantitative estimate of drug-likeness (QED) is 0.169. The molecule has 7 saturated heterocycles. The second-order valence-electron chi connectivity index (χ2n) is 31.0. The van der Waals surface area contributed by atoms with Crippen molar-refractivity contribution in [1.29, 1.82) is 0 Å². The van der Waals surface area contributed by atoms with Gasteiger partial charge in [0.15, 0.2) is 0 Å². The van der Waals surface area contributed by atoms with Crippen molar-refractivity contribution in [1.82, 2.24) is 59.2 Å². The smallest absolute Gasteiger partial charge is 0.222 e. The Bertz CT molecular complexity index is 1590. The van der Waals surface area contributed by atoms with Gasteiger partial charge >= 0.3 is 0 Å². The third-order valence-electron chi connectivity index (χ3n) is 18.6. The SMILES string of the molecule is CC(C)(C)N1CCC(O)CC1.CC(C)(C)N1CCN(CCO)CC1.CC(C)C(=O)NC1CCN(C)CC1.CC(C)N(C)CCO.CC(C)N1CCC(N2CCN(C)CC2)CC1.CC1(O)CCN(C(C)(C)C)CC1.CN1CCN(C(C)(C)C)CC1. The summed E-state index contributed by atoms with van der Waals surface area (Å²) in [6.45, 7) is 67.2. The molecule has 0 spiro atoms. The van der Waals surface area contributed by atoms with Crippen LogP contribution in [0.4, 0.5) is 0 Å². The second-order valence-corrected chi connectivity index (χ2v) is 31.0. The maximum atomic E-state index is 11.4. The van der Waals surface area contributed by atoms with Crippen LogP contribution in [0.5, 0.6) is 0 Å². The number of likely N-dealkylation sites (N-methyl/N-ethyl adjacent to an activating group) is 3. The average Bonchev–Trinajstić information content (AvgIpc) is 3.58. The molecule has 7 heterocycles. The number of rotatable bonds is 9. The van der Waals surface area contributed by atoms with Crippen LogP contribution in [0.3, 0.4) is 0 Å². The van der Waals surface area contributed by atoms with Gasteiger partial charge in [0.2, 0.25) is 5.91 Å². The first kappa shape index (κ1) is 80.9. The summed E-state index contributed by atoms with van der Waals surface area (Å²) < 4.78 is 0. The molecule has 0 aromatic rings. The van der Waals surface area contributed by atoms with Crippen LogP contribution in [0, 0.1) is 5.92 Å². The van der Waals surface area contributed by atoms with Gasteiger partial charge in [0.1, 0.15) is 0 Å². The van der Waals surface area contributed by atoms with E-state index in [1.807, 2.05) is 27.8 Å². The number of carbonyl (C=O) groups is 1. The fourth-order valence-electron chi connectivity index (χ4n) is 11.3. The summed E-state index contributed by atoms with van der Waals surface area (Å²) in [4.78, 5) is 38.2. The molecule has 7 aliphatic heterocycles. The van der Waals surface area contributed by atoms with Crippen molar-refractivity contribution in [3.8, 4) is 0 Å². The molecule has 0 saturated carbocycles. The Labute approximate surface area is 520 Å². The van der Waals surface area contributed by atoms with E-state index in [0.717, 1.165) is 129 Å². The van der Waals surface area contributed by atoms with Crippen molar-refractivity contribution < 1.29 is 25.2 Å². The molecule has 502 valence electrons. The van der Waals surface area contributed by atoms with Crippen LogP contribution >= 0.6 is 0 Å². The van der Waals surface area contributed by atoms with Gasteiger partial charge in [-0.05, 0) is 223 Å². The van der Waals surface area contributed by atoms with E-state index in [0.29, 0.717) is 23.2 Å². The molecular formula is C67H144N12O5. The van der Waals surface area contributed by atoms with E-state index in [4.69, 9.17) is 10.2 Å². The summed E-state index contributed by atoms with van der Waals surface area (Å²) in [5.74, 6) is 0.300. The Morgan fingerprint density at radius 1 is 0.524 bits per heavy atom. The number of amides is 1. The Balaban J connectivity index is 0.000000494. The number of hydrogen-bond donors (Lipinski definition) is 5. The molecule has 0 aliphatic carbocycles. The fraction of sp³-hybridized carbons (Fsp3) is 0.985. The van der Waals surface area contributed by atoms with E-state index in [9.17, 15) is 15.0 Å². The van der Waals surface area contributed by atoms with E-state index in [2.05, 4.69) is 191 Å². The first-order chi connectivity index (χ1) is 38.8. The van der Waals surface area contributed by atoms with E-state index in [-0.39, 0.29) is 42.2 Å². The standard InChI is InChI=1S/C13H27N3.C10H22N2O.C10H20N2O.C10H21NO.C9H20N2.C9H19NO.C6H15NO/c1-12(2)15-6-4-13(5-7-15)16-10-8-14(3)9-11-16;1-10(2,3)12-6-4-11(5-7-12)8-9-13;1-8(2)10(13)11-9-4-6-12(3)7-5-9;1-9(2,3)11-7-5-10(4,12)6-8-11;1-9(2,3)11-7-5-10(4)6-8-11;1-9(2,3)10-6-4-8(11)5-7-10;1-6(2)7(3)4-5-8/h12-13H,4-11H2,1-3H3;13H,4-9H2,1-3H3;8-9H,4-7H2,1-3H3,(H,11,13);12H,5-8H2,1-4H3;5-8H2,1-4H3;8,11H,4-7H2,1-3H3;6,8H,4-5H2,1-3H3. The van der Waals surface area contributed by atoms with Crippen LogP contribution in [-0.2, 0) is 4.79 Å². The van der Waals surface area contributed by atoms with E-state index in [1.54, 1.807) is 0 Å². The number of nitrogens with zero attached hydrogens (tertiary/aromatic N) is 11. The highest BCUT2D eigenvalue weighted by molar-refractivity contribution is 5.78. The topological polar surface area (TPSA) is 146 Å². The molecule has 17 heteroatoms. The van der Waals surface area contributed by atoms with Crippen molar-refractivity contribution >= 4 is 5.91 Å². The number of aliphatic hydroxyl groups is 4. The predicted octanol–water partition coefficient (Wildman–Crippen LogP) is 6.58. The van der Waals surface area contributed by atoms with Crippen LogP contribution in [0.15, 0.2) is 0 Å². The normalized spacial score (nSPS) is 22.9. The lowest BCUT2D eigenvalue weighted by molar-refractivity contribution is -0.125. The van der Waals surface area contributed by atoms with Gasteiger partial charge < -0.3 is 50.2 Å². The Morgan fingerprint density at radius 2 is 0.905 bits per heavy atom. The number of carbonyl (C=O) groups excluding carboxylic acids is 1. The molecular weight excluding hydrogens is 1050 g/mol.